The number of hydrogen-bond donors (Lipinski definition) is 2. The van der Waals surface area contributed by atoms with Crippen molar-refractivity contribution >= 4 is 29.9 Å². The summed E-state index contributed by atoms with van der Waals surface area (Å²) in [6.07, 6.45) is 2.68. The van der Waals surface area contributed by atoms with Gasteiger partial charge in [-0.1, -0.05) is 30.3 Å². The molecule has 1 aromatic heterocycles. The summed E-state index contributed by atoms with van der Waals surface area (Å²) in [6, 6.07) is 10.5. The van der Waals surface area contributed by atoms with E-state index in [0.717, 1.165) is 37.2 Å². The first-order chi connectivity index (χ1) is 11.7. The minimum absolute atomic E-state index is 0. The summed E-state index contributed by atoms with van der Waals surface area (Å²) in [5.41, 5.74) is 4.81. The molecule has 1 saturated carbocycles. The third-order valence-corrected chi connectivity index (χ3v) is 4.62. The lowest BCUT2D eigenvalue weighted by molar-refractivity contribution is 0.657. The standard InChI is InChI=1S/C19H27N5.HI/c1-14-18(12-22-19(20-3)21-11-16-9-10-16)15(2)24(23-14)13-17-7-5-4-6-8-17;/h4-8,16H,9-13H2,1-3H3,(H2,20,21,22);1H. The van der Waals surface area contributed by atoms with E-state index >= 15 is 0 Å². The van der Waals surface area contributed by atoms with Crippen LogP contribution in [0.5, 0.6) is 0 Å². The number of benzene rings is 1. The highest BCUT2D eigenvalue weighted by atomic mass is 127. The number of nitrogens with one attached hydrogen (secondary N) is 2. The Morgan fingerprint density at radius 3 is 2.56 bits per heavy atom. The Morgan fingerprint density at radius 1 is 1.20 bits per heavy atom. The first-order valence-electron chi connectivity index (χ1n) is 8.68. The van der Waals surface area contributed by atoms with Gasteiger partial charge in [0.15, 0.2) is 5.96 Å². The second kappa shape index (κ2) is 9.22. The van der Waals surface area contributed by atoms with Crippen molar-refractivity contribution in [2.75, 3.05) is 13.6 Å². The van der Waals surface area contributed by atoms with Gasteiger partial charge in [-0.05, 0) is 38.2 Å². The SMILES string of the molecule is CN=C(NCc1c(C)nn(Cc2ccccc2)c1C)NCC1CC1.I. The van der Waals surface area contributed by atoms with Gasteiger partial charge in [0, 0.05) is 31.4 Å². The second-order valence-electron chi connectivity index (χ2n) is 6.54. The molecule has 0 spiro atoms. The van der Waals surface area contributed by atoms with E-state index < -0.39 is 0 Å². The third-order valence-electron chi connectivity index (χ3n) is 4.62. The molecule has 1 aliphatic carbocycles. The van der Waals surface area contributed by atoms with Gasteiger partial charge in [0.2, 0.25) is 0 Å². The summed E-state index contributed by atoms with van der Waals surface area (Å²) in [7, 11) is 1.82. The van der Waals surface area contributed by atoms with Crippen molar-refractivity contribution in [1.29, 1.82) is 0 Å². The van der Waals surface area contributed by atoms with Crippen molar-refractivity contribution in [3.63, 3.8) is 0 Å². The predicted molar refractivity (Wildman–Crippen MR) is 114 cm³/mol. The summed E-state index contributed by atoms with van der Waals surface area (Å²) in [4.78, 5) is 4.30. The van der Waals surface area contributed by atoms with Crippen LogP contribution in [0, 0.1) is 19.8 Å². The molecule has 0 atom stereocenters. The molecule has 0 aliphatic heterocycles. The van der Waals surface area contributed by atoms with E-state index in [2.05, 4.69) is 58.4 Å². The van der Waals surface area contributed by atoms with E-state index in [1.807, 2.05) is 13.1 Å². The third kappa shape index (κ3) is 5.45. The molecule has 5 nitrogen and oxygen atoms in total. The van der Waals surface area contributed by atoms with Crippen LogP contribution < -0.4 is 10.6 Å². The molecule has 1 aromatic carbocycles. The number of guanidine groups is 1. The molecule has 1 heterocycles. The first-order valence-corrected chi connectivity index (χ1v) is 8.68. The Morgan fingerprint density at radius 2 is 1.92 bits per heavy atom. The van der Waals surface area contributed by atoms with E-state index in [1.54, 1.807) is 0 Å². The number of hydrogen-bond acceptors (Lipinski definition) is 2. The minimum atomic E-state index is 0. The number of halogens is 1. The molecule has 3 rings (SSSR count). The van der Waals surface area contributed by atoms with Crippen LogP contribution in [0.1, 0.15) is 35.4 Å². The van der Waals surface area contributed by atoms with E-state index in [9.17, 15) is 0 Å². The molecule has 0 bridgehead atoms. The van der Waals surface area contributed by atoms with Crippen LogP contribution in [-0.2, 0) is 13.1 Å². The topological polar surface area (TPSA) is 54.2 Å². The van der Waals surface area contributed by atoms with Crippen LogP contribution in [-0.4, -0.2) is 29.3 Å². The number of rotatable bonds is 6. The molecule has 0 unspecified atom stereocenters. The Balaban J connectivity index is 0.00000225. The fourth-order valence-corrected chi connectivity index (χ4v) is 2.86. The predicted octanol–water partition coefficient (Wildman–Crippen LogP) is 3.24. The van der Waals surface area contributed by atoms with E-state index in [-0.39, 0.29) is 24.0 Å². The Kier molecular flexibility index (Phi) is 7.28. The monoisotopic (exact) mass is 453 g/mol. The molecule has 136 valence electrons. The van der Waals surface area contributed by atoms with Crippen molar-refractivity contribution in [2.24, 2.45) is 10.9 Å². The van der Waals surface area contributed by atoms with Gasteiger partial charge in [-0.15, -0.1) is 24.0 Å². The molecule has 0 radical (unpaired) electrons. The molecule has 2 aromatic rings. The number of aromatic nitrogens is 2. The number of nitrogens with zero attached hydrogens (tertiary/aromatic N) is 3. The van der Waals surface area contributed by atoms with Crippen molar-refractivity contribution in [3.05, 3.63) is 52.8 Å². The van der Waals surface area contributed by atoms with Crippen molar-refractivity contribution in [3.8, 4) is 0 Å². The maximum absolute atomic E-state index is 4.71. The molecular formula is C19H28IN5. The van der Waals surface area contributed by atoms with Gasteiger partial charge in [-0.25, -0.2) is 0 Å². The second-order valence-corrected chi connectivity index (χ2v) is 6.54. The van der Waals surface area contributed by atoms with Gasteiger partial charge in [0.25, 0.3) is 0 Å². The fourth-order valence-electron chi connectivity index (χ4n) is 2.86. The maximum Gasteiger partial charge on any atom is 0.191 e. The average Bonchev–Trinajstić information content (AvgIpc) is 3.38. The molecule has 0 amide bonds. The van der Waals surface area contributed by atoms with Gasteiger partial charge in [0.1, 0.15) is 0 Å². The van der Waals surface area contributed by atoms with E-state index in [0.29, 0.717) is 0 Å². The van der Waals surface area contributed by atoms with Gasteiger partial charge >= 0.3 is 0 Å². The van der Waals surface area contributed by atoms with Crippen molar-refractivity contribution in [2.45, 2.75) is 39.8 Å². The van der Waals surface area contributed by atoms with Crippen molar-refractivity contribution < 1.29 is 0 Å². The summed E-state index contributed by atoms with van der Waals surface area (Å²) in [5.74, 6) is 1.71. The van der Waals surface area contributed by atoms with Crippen LogP contribution in [0.15, 0.2) is 35.3 Å². The Labute approximate surface area is 167 Å². The zero-order chi connectivity index (χ0) is 16.9. The average molecular weight is 453 g/mol. The molecule has 25 heavy (non-hydrogen) atoms. The van der Waals surface area contributed by atoms with Crippen LogP contribution in [0.25, 0.3) is 0 Å². The smallest absolute Gasteiger partial charge is 0.191 e. The molecular weight excluding hydrogens is 425 g/mol. The summed E-state index contributed by atoms with van der Waals surface area (Å²) in [6.45, 7) is 6.79. The van der Waals surface area contributed by atoms with Crippen LogP contribution in [0.4, 0.5) is 0 Å². The highest BCUT2D eigenvalue weighted by Gasteiger charge is 2.21. The van der Waals surface area contributed by atoms with Gasteiger partial charge in [-0.2, -0.15) is 5.10 Å². The Hall–Kier alpha value is -1.57. The highest BCUT2D eigenvalue weighted by molar-refractivity contribution is 14.0. The zero-order valence-electron chi connectivity index (χ0n) is 15.2. The number of aliphatic imine (C=N–C) groups is 1. The minimum Gasteiger partial charge on any atom is -0.356 e. The lowest BCUT2D eigenvalue weighted by atomic mass is 10.2. The lowest BCUT2D eigenvalue weighted by Gasteiger charge is -2.12. The normalized spacial score (nSPS) is 14.1. The van der Waals surface area contributed by atoms with Crippen LogP contribution >= 0.6 is 24.0 Å². The molecule has 1 aliphatic rings. The first kappa shape index (κ1) is 19.8. The molecule has 2 N–H and O–H groups in total. The largest absolute Gasteiger partial charge is 0.356 e. The van der Waals surface area contributed by atoms with Crippen LogP contribution in [0.3, 0.4) is 0 Å². The zero-order valence-corrected chi connectivity index (χ0v) is 17.6. The van der Waals surface area contributed by atoms with Crippen LogP contribution in [0.2, 0.25) is 0 Å². The van der Waals surface area contributed by atoms with Gasteiger partial charge < -0.3 is 10.6 Å². The summed E-state index contributed by atoms with van der Waals surface area (Å²) >= 11 is 0. The molecule has 1 fully saturated rings. The van der Waals surface area contributed by atoms with Crippen molar-refractivity contribution in [1.82, 2.24) is 20.4 Å². The van der Waals surface area contributed by atoms with E-state index in [4.69, 9.17) is 5.10 Å². The molecule has 6 heteroatoms. The van der Waals surface area contributed by atoms with Gasteiger partial charge in [-0.3, -0.25) is 9.67 Å². The summed E-state index contributed by atoms with van der Waals surface area (Å²) in [5, 5.41) is 11.5. The fraction of sp³-hybridized carbons (Fsp3) is 0.474. The lowest BCUT2D eigenvalue weighted by Crippen LogP contribution is -2.38. The van der Waals surface area contributed by atoms with Gasteiger partial charge in [0.05, 0.1) is 12.2 Å². The van der Waals surface area contributed by atoms with E-state index in [1.165, 1.54) is 29.7 Å². The Bertz CT molecular complexity index is 704. The summed E-state index contributed by atoms with van der Waals surface area (Å²) < 4.78 is 2.09. The number of aryl methyl sites for hydroxylation is 1. The molecule has 0 saturated heterocycles. The maximum atomic E-state index is 4.71. The highest BCUT2D eigenvalue weighted by Crippen LogP contribution is 2.27. The quantitative estimate of drug-likeness (QED) is 0.401.